The van der Waals surface area contributed by atoms with Gasteiger partial charge < -0.3 is 10.2 Å². The van der Waals surface area contributed by atoms with Crippen molar-refractivity contribution in [1.29, 1.82) is 0 Å². The monoisotopic (exact) mass is 308 g/mol. The summed E-state index contributed by atoms with van der Waals surface area (Å²) in [7, 11) is 0. The van der Waals surface area contributed by atoms with Crippen LogP contribution in [0.25, 0.3) is 0 Å². The molecule has 3 rings (SSSR count). The Bertz CT molecular complexity index is 628. The van der Waals surface area contributed by atoms with Crippen LogP contribution >= 0.6 is 0 Å². The van der Waals surface area contributed by atoms with Crippen LogP contribution in [0.3, 0.4) is 0 Å². The van der Waals surface area contributed by atoms with Gasteiger partial charge in [-0.3, -0.25) is 4.79 Å². The molecule has 118 valence electrons. The Morgan fingerprint density at radius 3 is 1.09 bits per heavy atom. The maximum Gasteiger partial charge on any atom is 0.159 e. The van der Waals surface area contributed by atoms with Crippen LogP contribution in [0.2, 0.25) is 0 Å². The van der Waals surface area contributed by atoms with E-state index < -0.39 is 0 Å². The van der Waals surface area contributed by atoms with E-state index in [1.165, 1.54) is 0 Å². The summed E-state index contributed by atoms with van der Waals surface area (Å²) in [5.41, 5.74) is 0.775. The van der Waals surface area contributed by atoms with Gasteiger partial charge in [-0.2, -0.15) is 0 Å². The first-order chi connectivity index (χ1) is 11.1. The maximum absolute atomic E-state index is 10.6. The third kappa shape index (κ3) is 8.73. The summed E-state index contributed by atoms with van der Waals surface area (Å²) < 4.78 is 0. The third-order valence-electron chi connectivity index (χ3n) is 2.69. The predicted octanol–water partition coefficient (Wildman–Crippen LogP) is 4.67. The van der Waals surface area contributed by atoms with E-state index in [0.29, 0.717) is 11.5 Å². The van der Waals surface area contributed by atoms with Crippen LogP contribution in [0.1, 0.15) is 17.3 Å². The Morgan fingerprint density at radius 1 is 0.609 bits per heavy atom. The number of Topliss-reactive ketones (excluding diaryl/α,β-unsaturated/α-hetero) is 1. The van der Waals surface area contributed by atoms with Gasteiger partial charge >= 0.3 is 0 Å². The quantitative estimate of drug-likeness (QED) is 0.642. The Kier molecular flexibility index (Phi) is 8.31. The van der Waals surface area contributed by atoms with Crippen molar-refractivity contribution in [2.24, 2.45) is 0 Å². The fourth-order valence-electron chi connectivity index (χ4n) is 1.53. The van der Waals surface area contributed by atoms with E-state index in [1.54, 1.807) is 55.5 Å². The number of carbonyl (C=O) groups excluding carboxylic acids is 1. The zero-order valence-electron chi connectivity index (χ0n) is 13.0. The Labute approximate surface area is 136 Å². The molecule has 3 nitrogen and oxygen atoms in total. The van der Waals surface area contributed by atoms with Gasteiger partial charge in [0.15, 0.2) is 5.78 Å². The SMILES string of the molecule is CC(=O)c1ccccc1.Oc1ccccc1.Oc1ccccc1. The van der Waals surface area contributed by atoms with Crippen LogP contribution in [0, 0.1) is 0 Å². The van der Waals surface area contributed by atoms with E-state index >= 15 is 0 Å². The van der Waals surface area contributed by atoms with E-state index in [0.717, 1.165) is 5.56 Å². The number of hydrogen-bond acceptors (Lipinski definition) is 3. The lowest BCUT2D eigenvalue weighted by Gasteiger charge is -1.89. The van der Waals surface area contributed by atoms with Crippen LogP contribution in [0.15, 0.2) is 91.0 Å². The van der Waals surface area contributed by atoms with Crippen LogP contribution in [-0.4, -0.2) is 16.0 Å². The lowest BCUT2D eigenvalue weighted by atomic mass is 10.2. The van der Waals surface area contributed by atoms with Crippen molar-refractivity contribution in [3.05, 3.63) is 96.6 Å². The molecule has 0 aliphatic heterocycles. The van der Waals surface area contributed by atoms with Gasteiger partial charge in [-0.25, -0.2) is 0 Å². The number of phenols is 2. The Balaban J connectivity index is 0.000000175. The number of benzene rings is 3. The highest BCUT2D eigenvalue weighted by Crippen LogP contribution is 2.03. The molecule has 0 spiro atoms. The number of ketones is 1. The van der Waals surface area contributed by atoms with Gasteiger partial charge in [0.2, 0.25) is 0 Å². The van der Waals surface area contributed by atoms with Gasteiger partial charge in [0.05, 0.1) is 0 Å². The summed E-state index contributed by atoms with van der Waals surface area (Å²) >= 11 is 0. The summed E-state index contributed by atoms with van der Waals surface area (Å²) in [6.45, 7) is 1.56. The molecule has 0 fully saturated rings. The van der Waals surface area contributed by atoms with Crippen molar-refractivity contribution < 1.29 is 15.0 Å². The molecular weight excluding hydrogens is 288 g/mol. The van der Waals surface area contributed by atoms with E-state index in [4.69, 9.17) is 10.2 Å². The van der Waals surface area contributed by atoms with E-state index in [-0.39, 0.29) is 5.78 Å². The second-order valence-electron chi connectivity index (χ2n) is 4.59. The van der Waals surface area contributed by atoms with E-state index in [9.17, 15) is 4.79 Å². The Morgan fingerprint density at radius 2 is 0.913 bits per heavy atom. The smallest absolute Gasteiger partial charge is 0.159 e. The fourth-order valence-corrected chi connectivity index (χ4v) is 1.53. The van der Waals surface area contributed by atoms with Crippen molar-refractivity contribution in [2.45, 2.75) is 6.92 Å². The molecule has 0 radical (unpaired) electrons. The highest BCUT2D eigenvalue weighted by atomic mass is 16.3. The summed E-state index contributed by atoms with van der Waals surface area (Å²) in [5, 5.41) is 17.3. The molecule has 0 amide bonds. The lowest BCUT2D eigenvalue weighted by Crippen LogP contribution is -1.88. The summed E-state index contributed by atoms with van der Waals surface area (Å²) in [6.07, 6.45) is 0. The van der Waals surface area contributed by atoms with Gasteiger partial charge in [0, 0.05) is 5.56 Å². The third-order valence-corrected chi connectivity index (χ3v) is 2.69. The summed E-state index contributed by atoms with van der Waals surface area (Å²) in [5.74, 6) is 0.764. The molecule has 0 aliphatic rings. The number of para-hydroxylation sites is 2. The fraction of sp³-hybridized carbons (Fsp3) is 0.0500. The molecule has 3 aromatic carbocycles. The van der Waals surface area contributed by atoms with Crippen LogP contribution in [0.4, 0.5) is 0 Å². The summed E-state index contributed by atoms with van der Waals surface area (Å²) in [6, 6.07) is 26.7. The first-order valence-corrected chi connectivity index (χ1v) is 7.13. The summed E-state index contributed by atoms with van der Waals surface area (Å²) in [4.78, 5) is 10.6. The highest BCUT2D eigenvalue weighted by molar-refractivity contribution is 5.93. The van der Waals surface area contributed by atoms with Crippen molar-refractivity contribution in [2.75, 3.05) is 0 Å². The van der Waals surface area contributed by atoms with E-state index in [1.807, 2.05) is 42.5 Å². The largest absolute Gasteiger partial charge is 0.508 e. The molecule has 0 heterocycles. The zero-order chi connectivity index (χ0) is 16.9. The molecule has 2 N–H and O–H groups in total. The zero-order valence-corrected chi connectivity index (χ0v) is 13.0. The van der Waals surface area contributed by atoms with E-state index in [2.05, 4.69) is 0 Å². The van der Waals surface area contributed by atoms with Gasteiger partial charge in [0.1, 0.15) is 11.5 Å². The lowest BCUT2D eigenvalue weighted by molar-refractivity contribution is 0.101. The van der Waals surface area contributed by atoms with Crippen molar-refractivity contribution >= 4 is 5.78 Å². The maximum atomic E-state index is 10.6. The Hall–Kier alpha value is -3.07. The molecule has 0 unspecified atom stereocenters. The van der Waals surface area contributed by atoms with Gasteiger partial charge in [-0.15, -0.1) is 0 Å². The van der Waals surface area contributed by atoms with Gasteiger partial charge in [-0.1, -0.05) is 66.7 Å². The minimum atomic E-state index is 0.121. The molecule has 0 saturated carbocycles. The topological polar surface area (TPSA) is 57.5 Å². The standard InChI is InChI=1S/C8H8O.2C6H6O/c1-7(9)8-5-3-2-4-6-8;2*7-6-4-2-1-3-5-6/h2-6H,1H3;2*1-5,7H. The normalized spacial score (nSPS) is 8.74. The molecule has 23 heavy (non-hydrogen) atoms. The van der Waals surface area contributed by atoms with Gasteiger partial charge in [0.25, 0.3) is 0 Å². The molecular formula is C20H20O3. The second-order valence-corrected chi connectivity index (χ2v) is 4.59. The molecule has 3 aromatic rings. The number of aromatic hydroxyl groups is 2. The first kappa shape index (κ1) is 18.0. The van der Waals surface area contributed by atoms with Crippen molar-refractivity contribution in [3.8, 4) is 11.5 Å². The number of rotatable bonds is 1. The molecule has 0 saturated heterocycles. The molecule has 0 aromatic heterocycles. The average molecular weight is 308 g/mol. The number of hydrogen-bond donors (Lipinski definition) is 2. The molecule has 0 bridgehead atoms. The number of carbonyl (C=O) groups is 1. The molecule has 0 atom stereocenters. The minimum absolute atomic E-state index is 0.121. The van der Waals surface area contributed by atoms with Crippen LogP contribution in [-0.2, 0) is 0 Å². The first-order valence-electron chi connectivity index (χ1n) is 7.13. The van der Waals surface area contributed by atoms with Crippen molar-refractivity contribution in [1.82, 2.24) is 0 Å². The van der Waals surface area contributed by atoms with Gasteiger partial charge in [-0.05, 0) is 31.2 Å². The second kappa shape index (κ2) is 10.6. The molecule has 0 aliphatic carbocycles. The van der Waals surface area contributed by atoms with Crippen molar-refractivity contribution in [3.63, 3.8) is 0 Å². The number of phenolic OH excluding ortho intramolecular Hbond substituents is 2. The molecule has 3 heteroatoms. The van der Waals surface area contributed by atoms with Crippen LogP contribution in [0.5, 0.6) is 11.5 Å². The average Bonchev–Trinajstić information content (AvgIpc) is 2.58. The van der Waals surface area contributed by atoms with Crippen LogP contribution < -0.4 is 0 Å². The minimum Gasteiger partial charge on any atom is -0.508 e. The predicted molar refractivity (Wildman–Crippen MR) is 92.7 cm³/mol. The highest BCUT2D eigenvalue weighted by Gasteiger charge is 1.92.